The van der Waals surface area contributed by atoms with Gasteiger partial charge in [-0.05, 0) is 12.1 Å². The molecule has 2 N–H and O–H groups in total. The van der Waals surface area contributed by atoms with Gasteiger partial charge in [0.25, 0.3) is 0 Å². The number of aliphatic hydroxyl groups is 1. The monoisotopic (exact) mass is 258 g/mol. The number of benzene rings is 1. The zero-order chi connectivity index (χ0) is 12.3. The molecule has 1 fully saturated rings. The second-order valence-corrected chi connectivity index (χ2v) is 4.53. The van der Waals surface area contributed by atoms with Crippen LogP contribution in [0.15, 0.2) is 18.2 Å². The van der Waals surface area contributed by atoms with Crippen molar-refractivity contribution >= 4 is 11.6 Å². The molecular formula is C12H16ClFN2O. The van der Waals surface area contributed by atoms with Crippen molar-refractivity contribution in [3.05, 3.63) is 34.6 Å². The summed E-state index contributed by atoms with van der Waals surface area (Å²) in [6.07, 6.45) is 0. The van der Waals surface area contributed by atoms with Crippen molar-refractivity contribution in [2.24, 2.45) is 0 Å². The summed E-state index contributed by atoms with van der Waals surface area (Å²) in [4.78, 5) is 2.06. The maximum Gasteiger partial charge on any atom is 0.129 e. The number of aliphatic hydroxyl groups excluding tert-OH is 1. The third kappa shape index (κ3) is 2.77. The van der Waals surface area contributed by atoms with Crippen LogP contribution in [-0.2, 0) is 0 Å². The Balaban J connectivity index is 2.27. The average Bonchev–Trinajstić information content (AvgIpc) is 2.35. The molecule has 1 aliphatic rings. The van der Waals surface area contributed by atoms with Gasteiger partial charge in [-0.15, -0.1) is 0 Å². The third-order valence-electron chi connectivity index (χ3n) is 3.10. The van der Waals surface area contributed by atoms with Crippen LogP contribution in [0.3, 0.4) is 0 Å². The van der Waals surface area contributed by atoms with Gasteiger partial charge in [0, 0.05) is 36.8 Å². The summed E-state index contributed by atoms with van der Waals surface area (Å²) < 4.78 is 13.8. The molecule has 0 aliphatic carbocycles. The highest BCUT2D eigenvalue weighted by Gasteiger charge is 2.25. The third-order valence-corrected chi connectivity index (χ3v) is 3.43. The second kappa shape index (κ2) is 5.78. The van der Waals surface area contributed by atoms with Gasteiger partial charge in [0.15, 0.2) is 0 Å². The fourth-order valence-electron chi connectivity index (χ4n) is 2.21. The molecule has 1 aromatic carbocycles. The topological polar surface area (TPSA) is 35.5 Å². The average molecular weight is 259 g/mol. The van der Waals surface area contributed by atoms with Gasteiger partial charge >= 0.3 is 0 Å². The fourth-order valence-corrected chi connectivity index (χ4v) is 2.50. The second-order valence-electron chi connectivity index (χ2n) is 4.12. The fraction of sp³-hybridized carbons (Fsp3) is 0.500. The van der Waals surface area contributed by atoms with Crippen molar-refractivity contribution in [3.8, 4) is 0 Å². The van der Waals surface area contributed by atoms with Crippen LogP contribution < -0.4 is 5.32 Å². The first-order chi connectivity index (χ1) is 8.24. The Morgan fingerprint density at radius 2 is 2.12 bits per heavy atom. The minimum Gasteiger partial charge on any atom is -0.394 e. The van der Waals surface area contributed by atoms with Crippen molar-refractivity contribution in [1.29, 1.82) is 0 Å². The van der Waals surface area contributed by atoms with Crippen LogP contribution in [0.2, 0.25) is 5.02 Å². The molecule has 1 saturated heterocycles. The molecule has 0 aromatic heterocycles. The quantitative estimate of drug-likeness (QED) is 0.861. The van der Waals surface area contributed by atoms with Crippen LogP contribution in [0.4, 0.5) is 4.39 Å². The van der Waals surface area contributed by atoms with Gasteiger partial charge < -0.3 is 10.4 Å². The molecule has 0 saturated carbocycles. The summed E-state index contributed by atoms with van der Waals surface area (Å²) in [5, 5.41) is 13.1. The number of nitrogens with zero attached hydrogens (tertiary/aromatic N) is 1. The van der Waals surface area contributed by atoms with Gasteiger partial charge in [0.2, 0.25) is 0 Å². The molecule has 2 rings (SSSR count). The van der Waals surface area contributed by atoms with Crippen LogP contribution in [0, 0.1) is 5.82 Å². The van der Waals surface area contributed by atoms with Crippen molar-refractivity contribution in [2.45, 2.75) is 6.04 Å². The summed E-state index contributed by atoms with van der Waals surface area (Å²) in [7, 11) is 0. The standard InChI is InChI=1S/C12H16ClFN2O/c13-9-2-1-3-10(14)12(9)11(8-17)16-6-4-15-5-7-16/h1-3,11,15,17H,4-8H2/t11-/m0/s1. The Hall–Kier alpha value is -0.680. The SMILES string of the molecule is OC[C@@H](c1c(F)cccc1Cl)N1CCNCC1. The number of nitrogens with one attached hydrogen (secondary N) is 1. The lowest BCUT2D eigenvalue weighted by atomic mass is 10.0. The molecule has 0 amide bonds. The van der Waals surface area contributed by atoms with Gasteiger partial charge in [-0.3, -0.25) is 4.90 Å². The Morgan fingerprint density at radius 3 is 2.71 bits per heavy atom. The summed E-state index contributed by atoms with van der Waals surface area (Å²) in [5.41, 5.74) is 0.401. The lowest BCUT2D eigenvalue weighted by Crippen LogP contribution is -2.46. The lowest BCUT2D eigenvalue weighted by molar-refractivity contribution is 0.108. The lowest BCUT2D eigenvalue weighted by Gasteiger charge is -2.34. The first-order valence-electron chi connectivity index (χ1n) is 5.73. The summed E-state index contributed by atoms with van der Waals surface area (Å²) >= 11 is 6.03. The molecule has 94 valence electrons. The van der Waals surface area contributed by atoms with E-state index >= 15 is 0 Å². The number of halogens is 2. The molecule has 3 nitrogen and oxygen atoms in total. The molecule has 1 aliphatic heterocycles. The van der Waals surface area contributed by atoms with E-state index in [1.807, 2.05) is 0 Å². The predicted molar refractivity (Wildman–Crippen MR) is 65.7 cm³/mol. The Bertz CT molecular complexity index is 363. The van der Waals surface area contributed by atoms with Crippen LogP contribution in [0.25, 0.3) is 0 Å². The molecule has 0 spiro atoms. The van der Waals surface area contributed by atoms with E-state index in [0.29, 0.717) is 10.6 Å². The molecule has 0 unspecified atom stereocenters. The molecular weight excluding hydrogens is 243 g/mol. The van der Waals surface area contributed by atoms with E-state index in [2.05, 4.69) is 10.2 Å². The van der Waals surface area contributed by atoms with Crippen LogP contribution in [-0.4, -0.2) is 42.8 Å². The molecule has 5 heteroatoms. The maximum absolute atomic E-state index is 13.8. The minimum absolute atomic E-state index is 0.124. The smallest absolute Gasteiger partial charge is 0.129 e. The van der Waals surface area contributed by atoms with E-state index < -0.39 is 0 Å². The van der Waals surface area contributed by atoms with Crippen molar-refractivity contribution < 1.29 is 9.50 Å². The number of piperazine rings is 1. The van der Waals surface area contributed by atoms with Gasteiger partial charge in [0.05, 0.1) is 12.6 Å². The van der Waals surface area contributed by atoms with Gasteiger partial charge in [-0.25, -0.2) is 4.39 Å². The van der Waals surface area contributed by atoms with E-state index in [4.69, 9.17) is 11.6 Å². The molecule has 1 heterocycles. The summed E-state index contributed by atoms with van der Waals surface area (Å²) in [6.45, 7) is 3.15. The molecule has 17 heavy (non-hydrogen) atoms. The van der Waals surface area contributed by atoms with E-state index in [9.17, 15) is 9.50 Å². The number of hydrogen-bond acceptors (Lipinski definition) is 3. The van der Waals surface area contributed by atoms with Crippen molar-refractivity contribution in [1.82, 2.24) is 10.2 Å². The van der Waals surface area contributed by atoms with E-state index in [1.165, 1.54) is 6.07 Å². The number of hydrogen-bond donors (Lipinski definition) is 2. The molecule has 1 aromatic rings. The predicted octanol–water partition coefficient (Wildman–Crippen LogP) is 1.42. The van der Waals surface area contributed by atoms with Crippen molar-refractivity contribution in [3.63, 3.8) is 0 Å². The maximum atomic E-state index is 13.8. The first kappa shape index (κ1) is 12.8. The van der Waals surface area contributed by atoms with Gasteiger partial charge in [0.1, 0.15) is 5.82 Å². The van der Waals surface area contributed by atoms with Crippen LogP contribution >= 0.6 is 11.6 Å². The Kier molecular flexibility index (Phi) is 4.34. The number of rotatable bonds is 3. The van der Waals surface area contributed by atoms with Crippen LogP contribution in [0.1, 0.15) is 11.6 Å². The van der Waals surface area contributed by atoms with Gasteiger partial charge in [-0.2, -0.15) is 0 Å². The highest BCUT2D eigenvalue weighted by atomic mass is 35.5. The highest BCUT2D eigenvalue weighted by molar-refractivity contribution is 6.31. The Labute approximate surface area is 105 Å². The molecule has 1 atom stereocenters. The van der Waals surface area contributed by atoms with Crippen molar-refractivity contribution in [2.75, 3.05) is 32.8 Å². The summed E-state index contributed by atoms with van der Waals surface area (Å²) in [6, 6.07) is 4.26. The first-order valence-corrected chi connectivity index (χ1v) is 6.11. The zero-order valence-corrected chi connectivity index (χ0v) is 10.3. The highest BCUT2D eigenvalue weighted by Crippen LogP contribution is 2.29. The molecule has 0 bridgehead atoms. The Morgan fingerprint density at radius 1 is 1.41 bits per heavy atom. The minimum atomic E-state index is -0.356. The van der Waals surface area contributed by atoms with Gasteiger partial charge in [-0.1, -0.05) is 17.7 Å². The summed E-state index contributed by atoms with van der Waals surface area (Å²) in [5.74, 6) is -0.352. The van der Waals surface area contributed by atoms with E-state index in [0.717, 1.165) is 26.2 Å². The van der Waals surface area contributed by atoms with Crippen LogP contribution in [0.5, 0.6) is 0 Å². The zero-order valence-electron chi connectivity index (χ0n) is 9.50. The molecule has 0 radical (unpaired) electrons. The van der Waals surface area contributed by atoms with E-state index in [1.54, 1.807) is 12.1 Å². The largest absolute Gasteiger partial charge is 0.394 e. The van der Waals surface area contributed by atoms with E-state index in [-0.39, 0.29) is 18.5 Å². The normalized spacial score (nSPS) is 19.2.